The highest BCUT2D eigenvalue weighted by Gasteiger charge is 2.39. The summed E-state index contributed by atoms with van der Waals surface area (Å²) in [5, 5.41) is 7.03. The number of hydrogen-bond acceptors (Lipinski definition) is 3. The predicted molar refractivity (Wildman–Crippen MR) is 68.4 cm³/mol. The molecule has 1 N–H and O–H groups in total. The van der Waals surface area contributed by atoms with E-state index in [9.17, 15) is 9.59 Å². The average Bonchev–Trinajstić information content (AvgIpc) is 2.83. The largest absolute Gasteiger partial charge is 0.350 e. The molecule has 6 heteroatoms. The zero-order chi connectivity index (χ0) is 13.4. The summed E-state index contributed by atoms with van der Waals surface area (Å²) in [5.74, 6) is -0.148. The van der Waals surface area contributed by atoms with Crippen molar-refractivity contribution in [3.05, 3.63) is 18.0 Å². The first kappa shape index (κ1) is 12.2. The maximum atomic E-state index is 12.6. The zero-order valence-corrected chi connectivity index (χ0v) is 11.0. The van der Waals surface area contributed by atoms with Crippen molar-refractivity contribution in [2.45, 2.75) is 37.8 Å². The van der Waals surface area contributed by atoms with Crippen molar-refractivity contribution >= 4 is 11.8 Å². The first-order valence-electron chi connectivity index (χ1n) is 6.75. The molecule has 1 aromatic rings. The van der Waals surface area contributed by atoms with Crippen LogP contribution in [0.2, 0.25) is 0 Å². The molecule has 6 nitrogen and oxygen atoms in total. The maximum Gasteiger partial charge on any atom is 0.272 e. The average molecular weight is 262 g/mol. The third-order valence-electron chi connectivity index (χ3n) is 4.09. The van der Waals surface area contributed by atoms with Gasteiger partial charge in [0, 0.05) is 19.3 Å². The van der Waals surface area contributed by atoms with E-state index < -0.39 is 0 Å². The van der Waals surface area contributed by atoms with Gasteiger partial charge >= 0.3 is 0 Å². The molecule has 2 aliphatic rings. The number of aryl methyl sites for hydroxylation is 1. The van der Waals surface area contributed by atoms with Crippen molar-refractivity contribution in [2.75, 3.05) is 6.54 Å². The van der Waals surface area contributed by atoms with E-state index in [4.69, 9.17) is 0 Å². The topological polar surface area (TPSA) is 67.2 Å². The number of aromatic nitrogens is 2. The minimum Gasteiger partial charge on any atom is -0.350 e. The second kappa shape index (κ2) is 4.68. The van der Waals surface area contributed by atoms with Gasteiger partial charge in [-0.1, -0.05) is 12.8 Å². The van der Waals surface area contributed by atoms with Gasteiger partial charge in [-0.05, 0) is 18.9 Å². The minimum absolute atomic E-state index is 0.0568. The molecule has 3 rings (SSSR count). The number of nitrogens with one attached hydrogen (secondary N) is 1. The molecule has 102 valence electrons. The summed E-state index contributed by atoms with van der Waals surface area (Å²) in [4.78, 5) is 26.0. The van der Waals surface area contributed by atoms with Gasteiger partial charge in [0.25, 0.3) is 5.91 Å². The Labute approximate surface area is 111 Å². The quantitative estimate of drug-likeness (QED) is 0.791. The maximum absolute atomic E-state index is 12.6. The van der Waals surface area contributed by atoms with Gasteiger partial charge in [-0.3, -0.25) is 14.3 Å². The molecule has 1 aliphatic carbocycles. The van der Waals surface area contributed by atoms with Crippen molar-refractivity contribution in [1.82, 2.24) is 20.0 Å². The molecule has 0 unspecified atom stereocenters. The monoisotopic (exact) mass is 262 g/mol. The fourth-order valence-electron chi connectivity index (χ4n) is 3.13. The molecular weight excluding hydrogens is 244 g/mol. The van der Waals surface area contributed by atoms with Gasteiger partial charge in [-0.25, -0.2) is 0 Å². The fourth-order valence-corrected chi connectivity index (χ4v) is 3.13. The fraction of sp³-hybridized carbons (Fsp3) is 0.615. The number of piperazine rings is 1. The molecule has 2 atom stereocenters. The smallest absolute Gasteiger partial charge is 0.272 e. The Balaban J connectivity index is 1.87. The molecular formula is C13H18N4O2. The van der Waals surface area contributed by atoms with Gasteiger partial charge in [-0.15, -0.1) is 0 Å². The molecule has 19 heavy (non-hydrogen) atoms. The van der Waals surface area contributed by atoms with Crippen LogP contribution in [0, 0.1) is 0 Å². The summed E-state index contributed by atoms with van der Waals surface area (Å²) in [6, 6.07) is 1.95. The van der Waals surface area contributed by atoms with Crippen molar-refractivity contribution in [2.24, 2.45) is 7.05 Å². The van der Waals surface area contributed by atoms with Gasteiger partial charge in [0.05, 0.1) is 6.04 Å². The Hall–Kier alpha value is -1.85. The summed E-state index contributed by atoms with van der Waals surface area (Å²) < 4.78 is 1.56. The van der Waals surface area contributed by atoms with Crippen LogP contribution in [0.1, 0.15) is 36.2 Å². The number of amides is 2. The standard InChI is InChI=1S/C13H18N4O2/c1-16-11(6-7-14-16)13(19)17-8-12(18)15-9-4-2-3-5-10(9)17/h6-7,9-10H,2-5,8H2,1H3,(H,15,18)/t9-,10+/m1/s1. The third-order valence-corrected chi connectivity index (χ3v) is 4.09. The van der Waals surface area contributed by atoms with E-state index >= 15 is 0 Å². The van der Waals surface area contributed by atoms with Crippen LogP contribution < -0.4 is 5.32 Å². The molecule has 1 saturated heterocycles. The number of nitrogens with zero attached hydrogens (tertiary/aromatic N) is 3. The third kappa shape index (κ3) is 2.11. The summed E-state index contributed by atoms with van der Waals surface area (Å²) in [6.07, 6.45) is 5.77. The number of carbonyl (C=O) groups is 2. The summed E-state index contributed by atoms with van der Waals surface area (Å²) >= 11 is 0. The normalized spacial score (nSPS) is 26.8. The Kier molecular flexibility index (Phi) is 3.00. The lowest BCUT2D eigenvalue weighted by atomic mass is 9.87. The summed E-state index contributed by atoms with van der Waals surface area (Å²) in [7, 11) is 1.75. The highest BCUT2D eigenvalue weighted by molar-refractivity contribution is 5.96. The molecule has 2 heterocycles. The number of fused-ring (bicyclic) bond motifs is 1. The van der Waals surface area contributed by atoms with Crippen LogP contribution in [-0.2, 0) is 11.8 Å². The molecule has 1 aromatic heterocycles. The van der Waals surface area contributed by atoms with Crippen LogP contribution in [0.4, 0.5) is 0 Å². The van der Waals surface area contributed by atoms with Crippen molar-refractivity contribution in [1.29, 1.82) is 0 Å². The zero-order valence-electron chi connectivity index (χ0n) is 11.0. The Bertz CT molecular complexity index is 510. The van der Waals surface area contributed by atoms with Crippen LogP contribution in [0.25, 0.3) is 0 Å². The van der Waals surface area contributed by atoms with Crippen LogP contribution in [-0.4, -0.2) is 45.1 Å². The van der Waals surface area contributed by atoms with E-state index in [1.807, 2.05) is 0 Å². The minimum atomic E-state index is -0.0910. The van der Waals surface area contributed by atoms with E-state index in [1.165, 1.54) is 0 Å². The lowest BCUT2D eigenvalue weighted by Gasteiger charge is -2.43. The van der Waals surface area contributed by atoms with Gasteiger partial charge < -0.3 is 10.2 Å². The highest BCUT2D eigenvalue weighted by Crippen LogP contribution is 2.26. The molecule has 2 amide bonds. The number of carbonyl (C=O) groups excluding carboxylic acids is 2. The van der Waals surface area contributed by atoms with E-state index in [0.29, 0.717) is 5.69 Å². The SMILES string of the molecule is Cn1nccc1C(=O)N1CC(=O)N[C@@H]2CCCC[C@@H]21. The highest BCUT2D eigenvalue weighted by atomic mass is 16.2. The van der Waals surface area contributed by atoms with Crippen molar-refractivity contribution < 1.29 is 9.59 Å². The van der Waals surface area contributed by atoms with Crippen LogP contribution in [0.5, 0.6) is 0 Å². The van der Waals surface area contributed by atoms with E-state index in [0.717, 1.165) is 25.7 Å². The Morgan fingerprint density at radius 2 is 2.21 bits per heavy atom. The lowest BCUT2D eigenvalue weighted by molar-refractivity contribution is -0.127. The van der Waals surface area contributed by atoms with Crippen molar-refractivity contribution in [3.63, 3.8) is 0 Å². The summed E-state index contributed by atoms with van der Waals surface area (Å²) in [6.45, 7) is 0.158. The number of rotatable bonds is 1. The van der Waals surface area contributed by atoms with Crippen LogP contribution in [0.3, 0.4) is 0 Å². The second-order valence-corrected chi connectivity index (χ2v) is 5.30. The summed E-state index contributed by atoms with van der Waals surface area (Å²) in [5.41, 5.74) is 0.541. The van der Waals surface area contributed by atoms with Crippen LogP contribution >= 0.6 is 0 Å². The van der Waals surface area contributed by atoms with Gasteiger partial charge in [0.15, 0.2) is 0 Å². The molecule has 1 saturated carbocycles. The van der Waals surface area contributed by atoms with Crippen molar-refractivity contribution in [3.8, 4) is 0 Å². The number of hydrogen-bond donors (Lipinski definition) is 1. The van der Waals surface area contributed by atoms with Gasteiger partial charge in [-0.2, -0.15) is 5.10 Å². The molecule has 0 spiro atoms. The lowest BCUT2D eigenvalue weighted by Crippen LogP contribution is -2.63. The predicted octanol–water partition coefficient (Wildman–Crippen LogP) is 0.303. The Morgan fingerprint density at radius 3 is 2.95 bits per heavy atom. The van der Waals surface area contributed by atoms with E-state index in [-0.39, 0.29) is 30.4 Å². The first-order chi connectivity index (χ1) is 9.16. The van der Waals surface area contributed by atoms with Gasteiger partial charge in [0.1, 0.15) is 12.2 Å². The van der Waals surface area contributed by atoms with Crippen LogP contribution in [0.15, 0.2) is 12.3 Å². The molecule has 1 aliphatic heterocycles. The molecule has 0 radical (unpaired) electrons. The first-order valence-corrected chi connectivity index (χ1v) is 6.75. The van der Waals surface area contributed by atoms with Gasteiger partial charge in [0.2, 0.25) is 5.91 Å². The molecule has 2 fully saturated rings. The second-order valence-electron chi connectivity index (χ2n) is 5.30. The Morgan fingerprint density at radius 1 is 1.42 bits per heavy atom. The molecule has 0 aromatic carbocycles. The van der Waals surface area contributed by atoms with E-state index in [2.05, 4.69) is 10.4 Å². The van der Waals surface area contributed by atoms with E-state index in [1.54, 1.807) is 28.9 Å². The molecule has 0 bridgehead atoms.